The molecule has 0 unspecified atom stereocenters. The molecule has 0 bridgehead atoms. The van der Waals surface area contributed by atoms with Crippen molar-refractivity contribution in [2.45, 2.75) is 0 Å². The van der Waals surface area contributed by atoms with E-state index in [-0.39, 0.29) is 0 Å². The average Bonchev–Trinajstić information content (AvgIpc) is 3.44. The van der Waals surface area contributed by atoms with E-state index in [1.54, 1.807) is 0 Å². The Bertz CT molecular complexity index is 1470. The zero-order chi connectivity index (χ0) is 20.8. The van der Waals surface area contributed by atoms with Crippen LogP contribution in [0.15, 0.2) is 97.3 Å². The number of para-hydroxylation sites is 2. The molecule has 0 atom stereocenters. The Hall–Kier alpha value is -3.82. The second-order valence-corrected chi connectivity index (χ2v) is 8.01. The van der Waals surface area contributed by atoms with Crippen LogP contribution in [-0.4, -0.2) is 15.0 Å². The number of halogens is 1. The Morgan fingerprint density at radius 2 is 1.10 bits per heavy atom. The summed E-state index contributed by atoms with van der Waals surface area (Å²) >= 11 is 6.57. The first-order valence-electron chi connectivity index (χ1n) is 10.2. The lowest BCUT2D eigenvalue weighted by Gasteiger charge is -2.10. The number of hydrogen-bond donors (Lipinski definition) is 2. The first kappa shape index (κ1) is 18.0. The van der Waals surface area contributed by atoms with Crippen LogP contribution < -0.4 is 0 Å². The summed E-state index contributed by atoms with van der Waals surface area (Å²) in [4.78, 5) is 11.8. The zero-order valence-corrected chi connectivity index (χ0v) is 17.3. The standard InChI is InChI=1S/C27H18ClN3/c28-23-10-4-1-7-18(23)17-13-26(21-15-29-24-11-5-2-8-19(21)24)31-27(14-17)22-16-30-25-12-6-3-9-20(22)25/h1-16,29-30H. The number of hydrogen-bond acceptors (Lipinski definition) is 1. The highest BCUT2D eigenvalue weighted by Gasteiger charge is 2.15. The maximum atomic E-state index is 6.57. The fourth-order valence-corrected chi connectivity index (χ4v) is 4.47. The van der Waals surface area contributed by atoms with Crippen molar-refractivity contribution in [3.05, 3.63) is 102 Å². The minimum atomic E-state index is 0.725. The summed E-state index contributed by atoms with van der Waals surface area (Å²) in [7, 11) is 0. The monoisotopic (exact) mass is 419 g/mol. The third-order valence-corrected chi connectivity index (χ3v) is 6.07. The highest BCUT2D eigenvalue weighted by Crippen LogP contribution is 2.37. The van der Waals surface area contributed by atoms with Gasteiger partial charge in [-0.2, -0.15) is 0 Å². The smallest absolute Gasteiger partial charge is 0.0737 e. The van der Waals surface area contributed by atoms with Gasteiger partial charge in [0, 0.05) is 55.9 Å². The van der Waals surface area contributed by atoms with E-state index in [0.717, 1.165) is 60.5 Å². The van der Waals surface area contributed by atoms with Gasteiger partial charge in [-0.15, -0.1) is 0 Å². The van der Waals surface area contributed by atoms with Crippen molar-refractivity contribution in [3.8, 4) is 33.6 Å². The molecule has 3 heterocycles. The fourth-order valence-electron chi connectivity index (χ4n) is 4.22. The maximum absolute atomic E-state index is 6.57. The van der Waals surface area contributed by atoms with Crippen molar-refractivity contribution in [1.29, 1.82) is 0 Å². The van der Waals surface area contributed by atoms with Crippen LogP contribution in [0.4, 0.5) is 0 Å². The van der Waals surface area contributed by atoms with Gasteiger partial charge in [0.1, 0.15) is 0 Å². The van der Waals surface area contributed by atoms with Gasteiger partial charge in [0.25, 0.3) is 0 Å². The Labute approximate surface area is 184 Å². The molecular weight excluding hydrogens is 402 g/mol. The topological polar surface area (TPSA) is 44.5 Å². The van der Waals surface area contributed by atoms with E-state index in [1.165, 1.54) is 0 Å². The van der Waals surface area contributed by atoms with E-state index in [0.29, 0.717) is 0 Å². The normalized spacial score (nSPS) is 11.4. The highest BCUT2D eigenvalue weighted by molar-refractivity contribution is 6.33. The number of fused-ring (bicyclic) bond motifs is 2. The van der Waals surface area contributed by atoms with Gasteiger partial charge in [0.15, 0.2) is 0 Å². The molecule has 0 fully saturated rings. The fraction of sp³-hybridized carbons (Fsp3) is 0. The minimum absolute atomic E-state index is 0.725. The van der Waals surface area contributed by atoms with Crippen LogP contribution >= 0.6 is 11.6 Å². The molecule has 0 aliphatic heterocycles. The molecule has 0 aliphatic carbocycles. The summed E-state index contributed by atoms with van der Waals surface area (Å²) in [6.45, 7) is 0. The molecule has 0 saturated carbocycles. The van der Waals surface area contributed by atoms with E-state index >= 15 is 0 Å². The van der Waals surface area contributed by atoms with Gasteiger partial charge in [0.2, 0.25) is 0 Å². The molecule has 0 aliphatic rings. The number of rotatable bonds is 3. The minimum Gasteiger partial charge on any atom is -0.360 e. The summed E-state index contributed by atoms with van der Waals surface area (Å²) in [5.74, 6) is 0. The molecule has 4 heteroatoms. The van der Waals surface area contributed by atoms with Crippen molar-refractivity contribution in [3.63, 3.8) is 0 Å². The first-order chi connectivity index (χ1) is 15.3. The first-order valence-corrected chi connectivity index (χ1v) is 10.6. The number of H-pyrrole nitrogens is 2. The second-order valence-electron chi connectivity index (χ2n) is 7.60. The SMILES string of the molecule is Clc1ccccc1-c1cc(-c2c[nH]c3ccccc23)nc(-c2c[nH]c3ccccc23)c1. The van der Waals surface area contributed by atoms with Crippen molar-refractivity contribution in [2.24, 2.45) is 0 Å². The van der Waals surface area contributed by atoms with Crippen molar-refractivity contribution < 1.29 is 0 Å². The molecular formula is C27H18ClN3. The molecule has 6 aromatic rings. The van der Waals surface area contributed by atoms with Gasteiger partial charge >= 0.3 is 0 Å². The van der Waals surface area contributed by atoms with Crippen LogP contribution in [0.3, 0.4) is 0 Å². The second kappa shape index (κ2) is 7.15. The predicted molar refractivity (Wildman–Crippen MR) is 129 cm³/mol. The molecule has 6 rings (SSSR count). The van der Waals surface area contributed by atoms with Crippen molar-refractivity contribution in [2.75, 3.05) is 0 Å². The predicted octanol–water partition coefficient (Wildman–Crippen LogP) is 7.70. The molecule has 3 nitrogen and oxygen atoms in total. The Morgan fingerprint density at radius 1 is 0.581 bits per heavy atom. The lowest BCUT2D eigenvalue weighted by Crippen LogP contribution is -1.91. The van der Waals surface area contributed by atoms with Gasteiger partial charge in [-0.3, -0.25) is 0 Å². The van der Waals surface area contributed by atoms with Gasteiger partial charge in [-0.25, -0.2) is 4.98 Å². The summed E-state index contributed by atoms with van der Waals surface area (Å²) in [5, 5.41) is 3.02. The third-order valence-electron chi connectivity index (χ3n) is 5.74. The molecule has 148 valence electrons. The average molecular weight is 420 g/mol. The highest BCUT2D eigenvalue weighted by atomic mass is 35.5. The number of aromatic amines is 2. The number of pyridine rings is 1. The number of nitrogens with zero attached hydrogens (tertiary/aromatic N) is 1. The van der Waals surface area contributed by atoms with Gasteiger partial charge in [-0.05, 0) is 35.9 Å². The summed E-state index contributed by atoms with van der Waals surface area (Å²) in [6, 6.07) is 28.8. The Balaban J connectivity index is 1.64. The van der Waals surface area contributed by atoms with E-state index in [9.17, 15) is 0 Å². The van der Waals surface area contributed by atoms with Crippen molar-refractivity contribution >= 4 is 33.4 Å². The maximum Gasteiger partial charge on any atom is 0.0737 e. The van der Waals surface area contributed by atoms with E-state index in [1.807, 2.05) is 42.7 Å². The quantitative estimate of drug-likeness (QED) is 0.303. The third kappa shape index (κ3) is 3.02. The summed E-state index contributed by atoms with van der Waals surface area (Å²) in [5.41, 5.74) is 8.20. The molecule has 0 spiro atoms. The molecule has 31 heavy (non-hydrogen) atoms. The van der Waals surface area contributed by atoms with Gasteiger partial charge < -0.3 is 9.97 Å². The lowest BCUT2D eigenvalue weighted by atomic mass is 9.99. The number of benzene rings is 3. The molecule has 3 aromatic carbocycles. The Morgan fingerprint density at radius 3 is 1.68 bits per heavy atom. The van der Waals surface area contributed by atoms with Crippen molar-refractivity contribution in [1.82, 2.24) is 15.0 Å². The van der Waals surface area contributed by atoms with Crippen LogP contribution in [0.25, 0.3) is 55.4 Å². The molecule has 0 saturated heterocycles. The molecule has 3 aromatic heterocycles. The number of nitrogens with one attached hydrogen (secondary N) is 2. The van der Waals surface area contributed by atoms with E-state index in [4.69, 9.17) is 16.6 Å². The summed E-state index contributed by atoms with van der Waals surface area (Å²) in [6.07, 6.45) is 4.06. The lowest BCUT2D eigenvalue weighted by molar-refractivity contribution is 1.33. The van der Waals surface area contributed by atoms with Crippen LogP contribution in [0, 0.1) is 0 Å². The van der Waals surface area contributed by atoms with Crippen LogP contribution in [-0.2, 0) is 0 Å². The molecule has 0 amide bonds. The summed E-state index contributed by atoms with van der Waals surface area (Å²) < 4.78 is 0. The van der Waals surface area contributed by atoms with E-state index < -0.39 is 0 Å². The number of aromatic nitrogens is 3. The Kier molecular flexibility index (Phi) is 4.15. The molecule has 0 radical (unpaired) electrons. The largest absolute Gasteiger partial charge is 0.360 e. The van der Waals surface area contributed by atoms with Crippen LogP contribution in [0.5, 0.6) is 0 Å². The van der Waals surface area contributed by atoms with Crippen LogP contribution in [0.1, 0.15) is 0 Å². The van der Waals surface area contributed by atoms with E-state index in [2.05, 4.69) is 64.6 Å². The van der Waals surface area contributed by atoms with Crippen LogP contribution in [0.2, 0.25) is 5.02 Å². The van der Waals surface area contributed by atoms with Gasteiger partial charge in [-0.1, -0.05) is 66.2 Å². The van der Waals surface area contributed by atoms with Gasteiger partial charge in [0.05, 0.1) is 11.4 Å². The molecule has 2 N–H and O–H groups in total. The zero-order valence-electron chi connectivity index (χ0n) is 16.6.